The maximum absolute atomic E-state index is 13.1. The molecule has 0 fully saturated rings. The van der Waals surface area contributed by atoms with E-state index in [1.54, 1.807) is 43.3 Å². The molecule has 0 aromatic heterocycles. The van der Waals surface area contributed by atoms with Gasteiger partial charge in [-0.05, 0) is 48.9 Å². The molecule has 0 radical (unpaired) electrons. The maximum Gasteiger partial charge on any atom is 0.349 e. The van der Waals surface area contributed by atoms with Crippen LogP contribution in [-0.4, -0.2) is 41.1 Å². The Morgan fingerprint density at radius 2 is 1.29 bits per heavy atom. The molecule has 0 bridgehead atoms. The number of aliphatic carboxylic acids is 1. The van der Waals surface area contributed by atoms with Gasteiger partial charge in [-0.2, -0.15) is 0 Å². The number of hydrogen-bond acceptors (Lipinski definition) is 6. The third-order valence-corrected chi connectivity index (χ3v) is 5.38. The molecule has 0 spiro atoms. The number of carbonyl (C=O) groups is 4. The fourth-order valence-electron chi connectivity index (χ4n) is 3.04. The van der Waals surface area contributed by atoms with Gasteiger partial charge in [0.05, 0.1) is 21.2 Å². The molecule has 3 rings (SSSR count). The van der Waals surface area contributed by atoms with E-state index >= 15 is 0 Å². The normalized spacial score (nSPS) is 12.2. The maximum atomic E-state index is 13.1. The van der Waals surface area contributed by atoms with Crippen molar-refractivity contribution >= 4 is 52.7 Å². The number of carbonyl (C=O) groups excluding carboxylic acids is 3. The largest absolute Gasteiger partial charge is 0.478 e. The van der Waals surface area contributed by atoms with Crippen molar-refractivity contribution in [2.24, 2.45) is 0 Å². The van der Waals surface area contributed by atoms with E-state index < -0.39 is 36.0 Å². The number of rotatable bonds is 8. The molecule has 0 aliphatic carbocycles. The van der Waals surface area contributed by atoms with E-state index in [1.807, 2.05) is 0 Å². The second kappa shape index (κ2) is 11.5. The van der Waals surface area contributed by atoms with Gasteiger partial charge in [0.25, 0.3) is 5.91 Å². The number of ether oxygens (including phenoxy) is 2. The Labute approximate surface area is 210 Å². The van der Waals surface area contributed by atoms with Crippen LogP contribution in [0.5, 0.6) is 0 Å². The van der Waals surface area contributed by atoms with E-state index in [-0.39, 0.29) is 21.2 Å². The van der Waals surface area contributed by atoms with Crippen LogP contribution in [0.15, 0.2) is 72.8 Å². The monoisotopic (exact) mass is 515 g/mol. The lowest BCUT2D eigenvalue weighted by molar-refractivity contribution is -0.157. The Morgan fingerprint density at radius 1 is 0.771 bits per heavy atom. The fraction of sp³-hybridized carbons (Fsp3) is 0.120. The standard InChI is InChI=1S/C25H19Cl2NO7/c1-14-7-6-8-15(13-14)28-22(29)20(34-24(32)16-9-2-4-11-18(16)26)21(23(30)31)35-25(33)17-10-3-5-12-19(17)27/h2-13,20-21H,1H3,(H,28,29)(H,30,31)/t20-,21-/m1/s1. The van der Waals surface area contributed by atoms with Crippen LogP contribution in [0.2, 0.25) is 10.0 Å². The van der Waals surface area contributed by atoms with Gasteiger partial charge < -0.3 is 19.9 Å². The third kappa shape index (κ3) is 6.59. The fourth-order valence-corrected chi connectivity index (χ4v) is 3.47. The second-order valence-electron chi connectivity index (χ2n) is 7.31. The number of amides is 1. The molecule has 0 saturated carbocycles. The zero-order valence-corrected chi connectivity index (χ0v) is 19.7. The highest BCUT2D eigenvalue weighted by Crippen LogP contribution is 2.22. The average molecular weight is 516 g/mol. The number of aryl methyl sites for hydroxylation is 1. The molecule has 8 nitrogen and oxygen atoms in total. The number of benzene rings is 3. The topological polar surface area (TPSA) is 119 Å². The van der Waals surface area contributed by atoms with Crippen LogP contribution in [0.4, 0.5) is 5.69 Å². The molecule has 0 aliphatic heterocycles. The highest BCUT2D eigenvalue weighted by atomic mass is 35.5. The molecule has 10 heteroatoms. The summed E-state index contributed by atoms with van der Waals surface area (Å²) in [6, 6.07) is 18.3. The van der Waals surface area contributed by atoms with Crippen molar-refractivity contribution in [2.75, 3.05) is 5.32 Å². The summed E-state index contributed by atoms with van der Waals surface area (Å²) in [6.45, 7) is 1.79. The van der Waals surface area contributed by atoms with E-state index in [0.717, 1.165) is 5.56 Å². The summed E-state index contributed by atoms with van der Waals surface area (Å²) < 4.78 is 10.3. The first-order valence-electron chi connectivity index (χ1n) is 10.2. The van der Waals surface area contributed by atoms with Gasteiger partial charge in [0.2, 0.25) is 12.2 Å². The van der Waals surface area contributed by atoms with E-state index in [9.17, 15) is 24.3 Å². The molecule has 0 aliphatic rings. The van der Waals surface area contributed by atoms with Gasteiger partial charge in [-0.15, -0.1) is 0 Å². The van der Waals surface area contributed by atoms with Crippen molar-refractivity contribution in [1.29, 1.82) is 0 Å². The SMILES string of the molecule is Cc1cccc(NC(=O)[C@H](OC(=O)c2ccccc2Cl)[C@@H](OC(=O)c2ccccc2Cl)C(=O)O)c1. The Kier molecular flexibility index (Phi) is 8.46. The highest BCUT2D eigenvalue weighted by Gasteiger charge is 2.41. The van der Waals surface area contributed by atoms with Crippen LogP contribution in [0.25, 0.3) is 0 Å². The summed E-state index contributed by atoms with van der Waals surface area (Å²) in [6.07, 6.45) is -4.27. The summed E-state index contributed by atoms with van der Waals surface area (Å²) in [5.41, 5.74) is 0.891. The first kappa shape index (κ1) is 25.7. The molecule has 2 atom stereocenters. The zero-order chi connectivity index (χ0) is 25.5. The number of esters is 2. The van der Waals surface area contributed by atoms with E-state index in [2.05, 4.69) is 5.32 Å². The lowest BCUT2D eigenvalue weighted by Gasteiger charge is -2.24. The number of halogens is 2. The van der Waals surface area contributed by atoms with Gasteiger partial charge in [0.15, 0.2) is 0 Å². The van der Waals surface area contributed by atoms with E-state index in [4.69, 9.17) is 32.7 Å². The molecule has 0 saturated heterocycles. The minimum absolute atomic E-state index is 0.00969. The van der Waals surface area contributed by atoms with Gasteiger partial charge in [-0.25, -0.2) is 14.4 Å². The molecular weight excluding hydrogens is 497 g/mol. The quantitative estimate of drug-likeness (QED) is 0.414. The van der Waals surface area contributed by atoms with Crippen molar-refractivity contribution in [3.8, 4) is 0 Å². The minimum Gasteiger partial charge on any atom is -0.478 e. The zero-order valence-electron chi connectivity index (χ0n) is 18.2. The predicted octanol–water partition coefficient (Wildman–Crippen LogP) is 4.78. The summed E-state index contributed by atoms with van der Waals surface area (Å²) >= 11 is 12.0. The number of hydrogen-bond donors (Lipinski definition) is 2. The molecule has 1 amide bonds. The van der Waals surface area contributed by atoms with Gasteiger partial charge in [-0.3, -0.25) is 4.79 Å². The smallest absolute Gasteiger partial charge is 0.349 e. The predicted molar refractivity (Wildman–Crippen MR) is 129 cm³/mol. The van der Waals surface area contributed by atoms with E-state index in [1.165, 1.54) is 36.4 Å². The van der Waals surface area contributed by atoms with Crippen LogP contribution < -0.4 is 5.32 Å². The van der Waals surface area contributed by atoms with E-state index in [0.29, 0.717) is 5.69 Å². The molecule has 180 valence electrons. The van der Waals surface area contributed by atoms with Crippen LogP contribution in [0.3, 0.4) is 0 Å². The van der Waals surface area contributed by atoms with Crippen molar-refractivity contribution in [3.63, 3.8) is 0 Å². The van der Waals surface area contributed by atoms with Crippen molar-refractivity contribution in [3.05, 3.63) is 99.5 Å². The van der Waals surface area contributed by atoms with Gasteiger partial charge >= 0.3 is 17.9 Å². The van der Waals surface area contributed by atoms with Crippen LogP contribution in [0, 0.1) is 6.92 Å². The molecular formula is C25H19Cl2NO7. The first-order valence-corrected chi connectivity index (χ1v) is 10.9. The third-order valence-electron chi connectivity index (χ3n) is 4.72. The number of carboxylic acid groups (broad SMARTS) is 1. The van der Waals surface area contributed by atoms with Crippen molar-refractivity contribution in [2.45, 2.75) is 19.1 Å². The second-order valence-corrected chi connectivity index (χ2v) is 8.12. The molecule has 3 aromatic carbocycles. The first-order chi connectivity index (χ1) is 16.7. The summed E-state index contributed by atoms with van der Waals surface area (Å²) in [5, 5.41) is 12.3. The summed E-state index contributed by atoms with van der Waals surface area (Å²) in [7, 11) is 0. The van der Waals surface area contributed by atoms with Gasteiger partial charge in [0.1, 0.15) is 0 Å². The van der Waals surface area contributed by atoms with Crippen LogP contribution in [0.1, 0.15) is 26.3 Å². The Bertz CT molecular complexity index is 1280. The molecule has 0 unspecified atom stereocenters. The lowest BCUT2D eigenvalue weighted by Crippen LogP contribution is -2.48. The Morgan fingerprint density at radius 3 is 1.77 bits per heavy atom. The lowest BCUT2D eigenvalue weighted by atomic mass is 10.1. The van der Waals surface area contributed by atoms with Gasteiger partial charge in [0, 0.05) is 5.69 Å². The van der Waals surface area contributed by atoms with Crippen molar-refractivity contribution < 1.29 is 33.8 Å². The van der Waals surface area contributed by atoms with Gasteiger partial charge in [-0.1, -0.05) is 59.6 Å². The number of anilines is 1. The number of carboxylic acids is 1. The Balaban J connectivity index is 1.94. The average Bonchev–Trinajstić information content (AvgIpc) is 2.81. The summed E-state index contributed by atoms with van der Waals surface area (Å²) in [5.74, 6) is -4.96. The molecule has 0 heterocycles. The summed E-state index contributed by atoms with van der Waals surface area (Å²) in [4.78, 5) is 50.6. The number of nitrogens with one attached hydrogen (secondary N) is 1. The molecule has 35 heavy (non-hydrogen) atoms. The highest BCUT2D eigenvalue weighted by molar-refractivity contribution is 6.34. The molecule has 3 aromatic rings. The molecule has 2 N–H and O–H groups in total. The van der Waals surface area contributed by atoms with Crippen LogP contribution >= 0.6 is 23.2 Å². The minimum atomic E-state index is -2.20. The Hall–Kier alpha value is -3.88. The van der Waals surface area contributed by atoms with Crippen molar-refractivity contribution in [1.82, 2.24) is 0 Å². The van der Waals surface area contributed by atoms with Crippen LogP contribution in [-0.2, 0) is 19.1 Å².